The molecule has 1 aliphatic carbocycles. The summed E-state index contributed by atoms with van der Waals surface area (Å²) in [5.74, 6) is 0.773. The Morgan fingerprint density at radius 3 is 2.89 bits per heavy atom. The highest BCUT2D eigenvalue weighted by Crippen LogP contribution is 2.44. The number of rotatable bonds is 2. The number of benzene rings is 1. The monoisotopic (exact) mass is 258 g/mol. The fourth-order valence-electron chi connectivity index (χ4n) is 2.89. The van der Waals surface area contributed by atoms with Crippen LogP contribution < -0.4 is 5.32 Å². The quantitative estimate of drug-likeness (QED) is 0.881. The zero-order valence-electron chi connectivity index (χ0n) is 10.5. The van der Waals surface area contributed by atoms with Crippen LogP contribution in [-0.4, -0.2) is 11.5 Å². The van der Waals surface area contributed by atoms with Crippen LogP contribution in [0.2, 0.25) is 0 Å². The van der Waals surface area contributed by atoms with Gasteiger partial charge in [-0.25, -0.2) is 4.98 Å². The van der Waals surface area contributed by atoms with E-state index in [1.165, 1.54) is 52.9 Å². The number of thiazole rings is 1. The Morgan fingerprint density at radius 1 is 1.17 bits per heavy atom. The van der Waals surface area contributed by atoms with Gasteiger partial charge in [-0.1, -0.05) is 18.6 Å². The molecule has 1 saturated carbocycles. The van der Waals surface area contributed by atoms with Gasteiger partial charge >= 0.3 is 0 Å². The van der Waals surface area contributed by atoms with Gasteiger partial charge < -0.3 is 5.32 Å². The lowest BCUT2D eigenvalue weighted by Crippen LogP contribution is -2.26. The van der Waals surface area contributed by atoms with E-state index in [0.717, 1.165) is 12.5 Å². The summed E-state index contributed by atoms with van der Waals surface area (Å²) in [5, 5.41) is 5.02. The molecule has 3 heteroatoms. The minimum atomic E-state index is 0.525. The van der Waals surface area contributed by atoms with E-state index in [-0.39, 0.29) is 0 Å². The normalized spacial score (nSPS) is 24.6. The molecule has 94 valence electrons. The van der Waals surface area contributed by atoms with Crippen molar-refractivity contribution in [2.75, 3.05) is 6.54 Å². The smallest absolute Gasteiger partial charge is 0.0969 e. The molecule has 0 amide bonds. The first-order chi connectivity index (χ1) is 8.92. The van der Waals surface area contributed by atoms with Crippen molar-refractivity contribution < 1.29 is 0 Å². The Bertz CT molecular complexity index is 565. The summed E-state index contributed by atoms with van der Waals surface area (Å²) >= 11 is 1.91. The third-order valence-electron chi connectivity index (χ3n) is 4.08. The average molecular weight is 258 g/mol. The van der Waals surface area contributed by atoms with Gasteiger partial charge in [0.05, 0.1) is 15.2 Å². The maximum Gasteiger partial charge on any atom is 0.0969 e. The molecule has 2 aromatic rings. The van der Waals surface area contributed by atoms with Gasteiger partial charge in [0.1, 0.15) is 0 Å². The second kappa shape index (κ2) is 4.32. The Labute approximate surface area is 111 Å². The Hall–Kier alpha value is -0.930. The van der Waals surface area contributed by atoms with E-state index >= 15 is 0 Å². The lowest BCUT2D eigenvalue weighted by molar-refractivity contribution is 0.414. The van der Waals surface area contributed by atoms with Gasteiger partial charge in [0.25, 0.3) is 0 Å². The number of nitrogens with zero attached hydrogens (tertiary/aromatic N) is 1. The molecule has 1 aromatic heterocycles. The summed E-state index contributed by atoms with van der Waals surface area (Å²) < 4.78 is 1.38. The fraction of sp³-hybridized carbons (Fsp3) is 0.533. The van der Waals surface area contributed by atoms with Crippen LogP contribution >= 0.6 is 11.3 Å². The molecule has 1 atom stereocenters. The number of piperidine rings is 1. The fourth-order valence-corrected chi connectivity index (χ4v) is 4.06. The summed E-state index contributed by atoms with van der Waals surface area (Å²) in [4.78, 5) is 4.93. The second-order valence-electron chi connectivity index (χ2n) is 5.52. The number of nitrogens with one attached hydrogen (secondary N) is 1. The van der Waals surface area contributed by atoms with Crippen LogP contribution in [0, 0.1) is 0 Å². The molecule has 0 radical (unpaired) electrons. The maximum absolute atomic E-state index is 4.93. The van der Waals surface area contributed by atoms with Gasteiger partial charge in [0.15, 0.2) is 0 Å². The van der Waals surface area contributed by atoms with Gasteiger partial charge in [-0.2, -0.15) is 0 Å². The lowest BCUT2D eigenvalue weighted by Gasteiger charge is -2.24. The maximum atomic E-state index is 4.93. The molecule has 1 aliphatic heterocycles. The molecular weight excluding hydrogens is 240 g/mol. The van der Waals surface area contributed by atoms with Gasteiger partial charge in [-0.05, 0) is 43.9 Å². The molecule has 2 heterocycles. The zero-order valence-corrected chi connectivity index (χ0v) is 11.3. The molecule has 4 rings (SSSR count). The predicted molar refractivity (Wildman–Crippen MR) is 76.2 cm³/mol. The van der Waals surface area contributed by atoms with Crippen molar-refractivity contribution in [3.8, 4) is 0 Å². The van der Waals surface area contributed by atoms with Crippen LogP contribution in [-0.2, 0) is 0 Å². The van der Waals surface area contributed by atoms with Crippen molar-refractivity contribution in [3.63, 3.8) is 0 Å². The van der Waals surface area contributed by atoms with Gasteiger partial charge in [0.2, 0.25) is 0 Å². The number of fused-ring (bicyclic) bond motifs is 1. The molecule has 2 fully saturated rings. The molecule has 1 aromatic carbocycles. The van der Waals surface area contributed by atoms with Crippen molar-refractivity contribution in [3.05, 3.63) is 28.8 Å². The summed E-state index contributed by atoms with van der Waals surface area (Å²) in [6.07, 6.45) is 6.60. The summed E-state index contributed by atoms with van der Waals surface area (Å²) in [7, 11) is 0. The third-order valence-corrected chi connectivity index (χ3v) is 5.26. The van der Waals surface area contributed by atoms with E-state index in [2.05, 4.69) is 23.5 Å². The zero-order chi connectivity index (χ0) is 11.9. The average Bonchev–Trinajstić information content (AvgIpc) is 3.18. The van der Waals surface area contributed by atoms with Crippen molar-refractivity contribution in [1.82, 2.24) is 10.3 Å². The van der Waals surface area contributed by atoms with Crippen LogP contribution in [0.25, 0.3) is 10.2 Å². The van der Waals surface area contributed by atoms with E-state index in [0.29, 0.717) is 6.04 Å². The first-order valence-corrected chi connectivity index (χ1v) is 7.86. The Morgan fingerprint density at radius 2 is 2.11 bits per heavy atom. The van der Waals surface area contributed by atoms with E-state index in [4.69, 9.17) is 4.98 Å². The molecule has 1 saturated heterocycles. The van der Waals surface area contributed by atoms with Gasteiger partial charge in [-0.3, -0.25) is 0 Å². The minimum Gasteiger partial charge on any atom is -0.310 e. The molecular formula is C15H18N2S. The van der Waals surface area contributed by atoms with Gasteiger partial charge in [0, 0.05) is 12.0 Å². The molecule has 2 aliphatic rings. The molecule has 1 unspecified atom stereocenters. The van der Waals surface area contributed by atoms with E-state index in [1.54, 1.807) is 0 Å². The van der Waals surface area contributed by atoms with Crippen molar-refractivity contribution in [2.45, 2.75) is 44.1 Å². The Balaban J connectivity index is 1.78. The molecule has 2 nitrogen and oxygen atoms in total. The standard InChI is InChI=1S/C15H18N2S/c1-2-9-16-12(5-1)11-4-3-6-13-14(11)17-15(18-13)10-7-8-10/h3-4,6,10,12,16H,1-2,5,7-9H2. The first kappa shape index (κ1) is 10.9. The first-order valence-electron chi connectivity index (χ1n) is 7.04. The van der Waals surface area contributed by atoms with E-state index in [9.17, 15) is 0 Å². The Kier molecular flexibility index (Phi) is 2.63. The topological polar surface area (TPSA) is 24.9 Å². The van der Waals surface area contributed by atoms with Crippen molar-refractivity contribution >= 4 is 21.6 Å². The van der Waals surface area contributed by atoms with Crippen molar-refractivity contribution in [2.24, 2.45) is 0 Å². The SMILES string of the molecule is c1cc(C2CCCCN2)c2nc(C3CC3)sc2c1. The highest BCUT2D eigenvalue weighted by atomic mass is 32.1. The van der Waals surface area contributed by atoms with Crippen LogP contribution in [0.4, 0.5) is 0 Å². The van der Waals surface area contributed by atoms with Crippen molar-refractivity contribution in [1.29, 1.82) is 0 Å². The summed E-state index contributed by atoms with van der Waals surface area (Å²) in [5.41, 5.74) is 2.69. The molecule has 0 bridgehead atoms. The van der Waals surface area contributed by atoms with E-state index < -0.39 is 0 Å². The predicted octanol–water partition coefficient (Wildman–Crippen LogP) is 3.99. The largest absolute Gasteiger partial charge is 0.310 e. The molecule has 18 heavy (non-hydrogen) atoms. The number of hydrogen-bond acceptors (Lipinski definition) is 3. The van der Waals surface area contributed by atoms with E-state index in [1.807, 2.05) is 11.3 Å². The summed E-state index contributed by atoms with van der Waals surface area (Å²) in [6, 6.07) is 7.21. The highest BCUT2D eigenvalue weighted by molar-refractivity contribution is 7.18. The number of hydrogen-bond donors (Lipinski definition) is 1. The highest BCUT2D eigenvalue weighted by Gasteiger charge is 2.28. The molecule has 1 N–H and O–H groups in total. The number of aromatic nitrogens is 1. The van der Waals surface area contributed by atoms with Crippen LogP contribution in [0.15, 0.2) is 18.2 Å². The second-order valence-corrected chi connectivity index (χ2v) is 6.59. The number of para-hydroxylation sites is 1. The van der Waals surface area contributed by atoms with Crippen LogP contribution in [0.3, 0.4) is 0 Å². The summed E-state index contributed by atoms with van der Waals surface area (Å²) in [6.45, 7) is 1.15. The third kappa shape index (κ3) is 1.86. The minimum absolute atomic E-state index is 0.525. The van der Waals surface area contributed by atoms with Crippen LogP contribution in [0.5, 0.6) is 0 Å². The molecule has 0 spiro atoms. The van der Waals surface area contributed by atoms with Crippen LogP contribution in [0.1, 0.15) is 54.6 Å². The van der Waals surface area contributed by atoms with Gasteiger partial charge in [-0.15, -0.1) is 11.3 Å². The lowest BCUT2D eigenvalue weighted by atomic mass is 9.97.